The Morgan fingerprint density at radius 2 is 1.76 bits per heavy atom. The average molecular weight is 444 g/mol. The maximum Gasteiger partial charge on any atom is 0.333 e. The summed E-state index contributed by atoms with van der Waals surface area (Å²) in [6.07, 6.45) is 6.72. The van der Waals surface area contributed by atoms with E-state index >= 15 is 0 Å². The summed E-state index contributed by atoms with van der Waals surface area (Å²) in [6.45, 7) is 4.69. The van der Waals surface area contributed by atoms with Gasteiger partial charge in [0.15, 0.2) is 11.5 Å². The Kier molecular flexibility index (Phi) is 7.46. The number of nitrogens with zero attached hydrogens (tertiary/aromatic N) is 2. The van der Waals surface area contributed by atoms with Crippen LogP contribution in [0.15, 0.2) is 78.0 Å². The summed E-state index contributed by atoms with van der Waals surface area (Å²) in [4.78, 5) is 44.7. The fraction of sp³-hybridized carbons (Fsp3) is 0.192. The minimum atomic E-state index is -0.500. The van der Waals surface area contributed by atoms with Gasteiger partial charge in [-0.25, -0.2) is 4.79 Å². The van der Waals surface area contributed by atoms with Crippen molar-refractivity contribution in [1.82, 2.24) is 9.97 Å². The van der Waals surface area contributed by atoms with Crippen LogP contribution in [0, 0.1) is 0 Å². The highest BCUT2D eigenvalue weighted by atomic mass is 16.5. The number of hydrogen-bond donors (Lipinski definition) is 0. The van der Waals surface area contributed by atoms with Gasteiger partial charge in [-0.1, -0.05) is 30.3 Å². The van der Waals surface area contributed by atoms with Gasteiger partial charge < -0.3 is 9.47 Å². The van der Waals surface area contributed by atoms with Crippen LogP contribution in [0.2, 0.25) is 0 Å². The summed E-state index contributed by atoms with van der Waals surface area (Å²) in [6, 6.07) is 11.7. The predicted molar refractivity (Wildman–Crippen MR) is 124 cm³/mol. The standard InChI is InChI=1S/C17H17NO5.C9H7N/c1-5-9(2)17(21)23-8-12-13-11(6-7-18-12)14(19)10(3)16(22-4)15(13)20;1-2-4-9-7-10-6-5-8(9)3-1/h5-7H,8H2,1-4H3;1-7H/b9-5-;. The Morgan fingerprint density at radius 3 is 2.42 bits per heavy atom. The Morgan fingerprint density at radius 1 is 1.03 bits per heavy atom. The number of Topliss-reactive ketones (excluding diaryl/α,β-unsaturated/α-hetero) is 2. The monoisotopic (exact) mass is 444 g/mol. The van der Waals surface area contributed by atoms with Crippen molar-refractivity contribution in [3.63, 3.8) is 0 Å². The fourth-order valence-corrected chi connectivity index (χ4v) is 3.28. The molecule has 168 valence electrons. The van der Waals surface area contributed by atoms with Crippen molar-refractivity contribution in [2.45, 2.75) is 27.4 Å². The molecular weight excluding hydrogens is 420 g/mol. The number of esters is 1. The number of carbonyl (C=O) groups excluding carboxylic acids is 3. The van der Waals surface area contributed by atoms with E-state index in [-0.39, 0.29) is 40.5 Å². The lowest BCUT2D eigenvalue weighted by molar-refractivity contribution is -0.140. The van der Waals surface area contributed by atoms with E-state index in [0.29, 0.717) is 5.57 Å². The van der Waals surface area contributed by atoms with E-state index in [2.05, 4.69) is 22.1 Å². The number of aromatic nitrogens is 2. The lowest BCUT2D eigenvalue weighted by atomic mass is 9.88. The minimum Gasteiger partial charge on any atom is -0.492 e. The van der Waals surface area contributed by atoms with Gasteiger partial charge in [0.2, 0.25) is 5.78 Å². The first-order valence-electron chi connectivity index (χ1n) is 10.3. The van der Waals surface area contributed by atoms with Crippen LogP contribution in [0.1, 0.15) is 47.2 Å². The molecule has 1 aliphatic carbocycles. The largest absolute Gasteiger partial charge is 0.492 e. The molecule has 33 heavy (non-hydrogen) atoms. The van der Waals surface area contributed by atoms with E-state index in [4.69, 9.17) is 9.47 Å². The van der Waals surface area contributed by atoms with Crippen molar-refractivity contribution in [1.29, 1.82) is 0 Å². The summed E-state index contributed by atoms with van der Waals surface area (Å²) >= 11 is 0. The van der Waals surface area contributed by atoms with Gasteiger partial charge in [-0.15, -0.1) is 0 Å². The molecule has 1 aromatic carbocycles. The highest BCUT2D eigenvalue weighted by Gasteiger charge is 2.33. The van der Waals surface area contributed by atoms with Gasteiger partial charge in [0.1, 0.15) is 6.61 Å². The third kappa shape index (κ3) is 5.03. The summed E-state index contributed by atoms with van der Waals surface area (Å²) in [7, 11) is 1.33. The molecule has 2 heterocycles. The number of ether oxygens (including phenoxy) is 2. The van der Waals surface area contributed by atoms with Gasteiger partial charge in [0, 0.05) is 35.3 Å². The first kappa shape index (κ1) is 23.5. The minimum absolute atomic E-state index is 0.00675. The molecule has 4 rings (SSSR count). The van der Waals surface area contributed by atoms with Gasteiger partial charge in [0.05, 0.1) is 18.4 Å². The van der Waals surface area contributed by atoms with Crippen LogP contribution in [0.3, 0.4) is 0 Å². The Hall–Kier alpha value is -4.13. The van der Waals surface area contributed by atoms with Crippen LogP contribution in [0.5, 0.6) is 0 Å². The van der Waals surface area contributed by atoms with Crippen LogP contribution < -0.4 is 0 Å². The summed E-state index contributed by atoms with van der Waals surface area (Å²) in [5.74, 6) is -1.23. The molecule has 1 aliphatic rings. The van der Waals surface area contributed by atoms with E-state index in [1.165, 1.54) is 37.1 Å². The Balaban J connectivity index is 0.000000252. The number of benzene rings is 1. The van der Waals surface area contributed by atoms with Crippen molar-refractivity contribution >= 4 is 28.3 Å². The fourth-order valence-electron chi connectivity index (χ4n) is 3.28. The van der Waals surface area contributed by atoms with Crippen molar-refractivity contribution in [3.05, 3.63) is 94.8 Å². The van der Waals surface area contributed by atoms with Gasteiger partial charge in [0.25, 0.3) is 0 Å². The molecule has 0 spiro atoms. The molecule has 0 aliphatic heterocycles. The van der Waals surface area contributed by atoms with Crippen LogP contribution in [0.25, 0.3) is 10.8 Å². The molecule has 3 aromatic rings. The Bertz CT molecular complexity index is 1230. The lowest BCUT2D eigenvalue weighted by Gasteiger charge is -2.19. The normalized spacial score (nSPS) is 13.3. The Labute approximate surface area is 191 Å². The van der Waals surface area contributed by atoms with E-state index in [0.717, 1.165) is 0 Å². The predicted octanol–water partition coefficient (Wildman–Crippen LogP) is 4.63. The molecule has 0 radical (unpaired) electrons. The van der Waals surface area contributed by atoms with E-state index in [9.17, 15) is 14.4 Å². The highest BCUT2D eigenvalue weighted by Crippen LogP contribution is 2.28. The van der Waals surface area contributed by atoms with Crippen LogP contribution in [0.4, 0.5) is 0 Å². The summed E-state index contributed by atoms with van der Waals surface area (Å²) < 4.78 is 10.2. The quantitative estimate of drug-likeness (QED) is 0.428. The molecule has 0 fully saturated rings. The van der Waals surface area contributed by atoms with Crippen LogP contribution >= 0.6 is 0 Å². The second-order valence-electron chi connectivity index (χ2n) is 7.27. The number of rotatable bonds is 4. The number of carbonyl (C=O) groups is 3. The molecule has 7 nitrogen and oxygen atoms in total. The number of allylic oxidation sites excluding steroid dienone is 3. The number of ketones is 2. The molecule has 0 saturated heterocycles. The van der Waals surface area contributed by atoms with Gasteiger partial charge in [-0.3, -0.25) is 19.6 Å². The first-order chi connectivity index (χ1) is 15.9. The second-order valence-corrected chi connectivity index (χ2v) is 7.27. The SMILES string of the molecule is C/C=C(/C)C(=O)OCc1nccc2c1C(=O)C(OC)=C(C)C2=O.c1ccc2cnccc2c1. The van der Waals surface area contributed by atoms with Crippen molar-refractivity contribution in [3.8, 4) is 0 Å². The van der Waals surface area contributed by atoms with Gasteiger partial charge in [-0.05, 0) is 43.7 Å². The van der Waals surface area contributed by atoms with Crippen molar-refractivity contribution < 1.29 is 23.9 Å². The molecule has 0 amide bonds. The number of fused-ring (bicyclic) bond motifs is 2. The van der Waals surface area contributed by atoms with Crippen molar-refractivity contribution in [2.75, 3.05) is 7.11 Å². The molecule has 0 N–H and O–H groups in total. The topological polar surface area (TPSA) is 95.5 Å². The van der Waals surface area contributed by atoms with Crippen molar-refractivity contribution in [2.24, 2.45) is 0 Å². The second kappa shape index (κ2) is 10.5. The number of hydrogen-bond acceptors (Lipinski definition) is 7. The maximum atomic E-state index is 12.5. The third-order valence-electron chi connectivity index (χ3n) is 5.24. The zero-order valence-electron chi connectivity index (χ0n) is 18.9. The molecule has 0 atom stereocenters. The molecule has 7 heteroatoms. The zero-order chi connectivity index (χ0) is 24.0. The number of methoxy groups -OCH3 is 1. The molecular formula is C26H24N2O5. The molecule has 2 aromatic heterocycles. The zero-order valence-corrected chi connectivity index (χ0v) is 18.9. The number of pyridine rings is 2. The van der Waals surface area contributed by atoms with Gasteiger partial charge >= 0.3 is 5.97 Å². The van der Waals surface area contributed by atoms with E-state index < -0.39 is 11.8 Å². The summed E-state index contributed by atoms with van der Waals surface area (Å²) in [5, 5.41) is 2.45. The third-order valence-corrected chi connectivity index (χ3v) is 5.24. The smallest absolute Gasteiger partial charge is 0.333 e. The van der Waals surface area contributed by atoms with E-state index in [1.807, 2.05) is 30.6 Å². The highest BCUT2D eigenvalue weighted by molar-refractivity contribution is 6.26. The van der Waals surface area contributed by atoms with Gasteiger partial charge in [-0.2, -0.15) is 0 Å². The molecule has 0 unspecified atom stereocenters. The molecule has 0 saturated carbocycles. The van der Waals surface area contributed by atoms with Crippen LogP contribution in [-0.2, 0) is 20.9 Å². The first-order valence-corrected chi connectivity index (χ1v) is 10.3. The molecule has 0 bridgehead atoms. The summed E-state index contributed by atoms with van der Waals surface area (Å²) in [5.41, 5.74) is 1.32. The average Bonchev–Trinajstić information content (AvgIpc) is 2.86. The van der Waals surface area contributed by atoms with Crippen LogP contribution in [-0.4, -0.2) is 34.6 Å². The van der Waals surface area contributed by atoms with E-state index in [1.54, 1.807) is 19.9 Å². The lowest BCUT2D eigenvalue weighted by Crippen LogP contribution is -2.24. The maximum absolute atomic E-state index is 12.5.